The second-order valence-electron chi connectivity index (χ2n) is 4.71. The summed E-state index contributed by atoms with van der Waals surface area (Å²) in [5, 5.41) is 3.36. The van der Waals surface area contributed by atoms with Crippen molar-refractivity contribution in [3.05, 3.63) is 48.3 Å². The molecule has 0 aliphatic rings. The van der Waals surface area contributed by atoms with Crippen molar-refractivity contribution in [1.82, 2.24) is 19.9 Å². The van der Waals surface area contributed by atoms with Crippen molar-refractivity contribution in [2.75, 3.05) is 0 Å². The predicted molar refractivity (Wildman–Crippen MR) is 72.1 cm³/mol. The summed E-state index contributed by atoms with van der Waals surface area (Å²) >= 11 is 0. The average Bonchev–Trinajstić information content (AvgIpc) is 2.83. The molecule has 2 heterocycles. The number of hydrogen-bond donors (Lipinski definition) is 1. The standard InChI is InChI=1S/C14H20N4/c1-12(2)16-9-14-10-18(11-17-14)8-6-13-5-3-4-7-15-13/h3-5,7,10-12,16H,6,8-9H2,1-2H3. The molecule has 0 spiro atoms. The molecule has 4 heteroatoms. The van der Waals surface area contributed by atoms with Gasteiger partial charge in [-0.25, -0.2) is 4.98 Å². The summed E-state index contributed by atoms with van der Waals surface area (Å²) in [6.45, 7) is 6.02. The minimum atomic E-state index is 0.490. The van der Waals surface area contributed by atoms with E-state index < -0.39 is 0 Å². The van der Waals surface area contributed by atoms with Gasteiger partial charge in [0.1, 0.15) is 0 Å². The number of rotatable bonds is 6. The van der Waals surface area contributed by atoms with E-state index in [2.05, 4.69) is 46.0 Å². The normalized spacial score (nSPS) is 11.1. The molecule has 0 aliphatic heterocycles. The van der Waals surface area contributed by atoms with Crippen molar-refractivity contribution in [2.45, 2.75) is 39.4 Å². The molecule has 0 fully saturated rings. The second kappa shape index (κ2) is 6.31. The zero-order valence-corrected chi connectivity index (χ0v) is 11.0. The summed E-state index contributed by atoms with van der Waals surface area (Å²) in [6.07, 6.45) is 6.76. The summed E-state index contributed by atoms with van der Waals surface area (Å²) < 4.78 is 2.12. The van der Waals surface area contributed by atoms with Crippen LogP contribution < -0.4 is 5.32 Å². The van der Waals surface area contributed by atoms with E-state index in [1.807, 2.05) is 24.7 Å². The third-order valence-corrected chi connectivity index (χ3v) is 2.73. The minimum Gasteiger partial charge on any atom is -0.337 e. The van der Waals surface area contributed by atoms with Gasteiger partial charge < -0.3 is 9.88 Å². The third-order valence-electron chi connectivity index (χ3n) is 2.73. The van der Waals surface area contributed by atoms with Gasteiger partial charge in [-0.05, 0) is 12.1 Å². The molecule has 2 aromatic heterocycles. The lowest BCUT2D eigenvalue weighted by atomic mass is 10.3. The van der Waals surface area contributed by atoms with Crippen LogP contribution in [0.25, 0.3) is 0 Å². The first-order valence-electron chi connectivity index (χ1n) is 6.38. The molecule has 1 N–H and O–H groups in total. The molecule has 0 atom stereocenters. The van der Waals surface area contributed by atoms with Gasteiger partial charge in [0.25, 0.3) is 0 Å². The lowest BCUT2D eigenvalue weighted by Crippen LogP contribution is -2.21. The summed E-state index contributed by atoms with van der Waals surface area (Å²) in [6, 6.07) is 6.51. The Kier molecular flexibility index (Phi) is 4.47. The SMILES string of the molecule is CC(C)NCc1cn(CCc2ccccn2)cn1. The molecular formula is C14H20N4. The monoisotopic (exact) mass is 244 g/mol. The van der Waals surface area contributed by atoms with Gasteiger partial charge in [-0.2, -0.15) is 0 Å². The van der Waals surface area contributed by atoms with Crippen LogP contribution in [-0.2, 0) is 19.5 Å². The van der Waals surface area contributed by atoms with Crippen LogP contribution in [0.3, 0.4) is 0 Å². The van der Waals surface area contributed by atoms with Gasteiger partial charge in [-0.15, -0.1) is 0 Å². The van der Waals surface area contributed by atoms with Crippen LogP contribution in [0.2, 0.25) is 0 Å². The zero-order valence-electron chi connectivity index (χ0n) is 11.0. The van der Waals surface area contributed by atoms with Gasteiger partial charge in [0.2, 0.25) is 0 Å². The fraction of sp³-hybridized carbons (Fsp3) is 0.429. The maximum atomic E-state index is 4.38. The maximum absolute atomic E-state index is 4.38. The molecule has 0 bridgehead atoms. The molecule has 96 valence electrons. The number of pyridine rings is 1. The lowest BCUT2D eigenvalue weighted by Gasteiger charge is -2.05. The van der Waals surface area contributed by atoms with E-state index in [9.17, 15) is 0 Å². The predicted octanol–water partition coefficient (Wildman–Crippen LogP) is 2.02. The quantitative estimate of drug-likeness (QED) is 0.845. The number of aryl methyl sites for hydroxylation is 2. The fourth-order valence-electron chi connectivity index (χ4n) is 1.72. The van der Waals surface area contributed by atoms with Gasteiger partial charge in [0, 0.05) is 43.6 Å². The maximum Gasteiger partial charge on any atom is 0.0950 e. The van der Waals surface area contributed by atoms with Crippen molar-refractivity contribution in [3.8, 4) is 0 Å². The highest BCUT2D eigenvalue weighted by Crippen LogP contribution is 2.01. The highest BCUT2D eigenvalue weighted by atomic mass is 15.0. The highest BCUT2D eigenvalue weighted by Gasteiger charge is 2.00. The first kappa shape index (κ1) is 12.8. The van der Waals surface area contributed by atoms with E-state index in [-0.39, 0.29) is 0 Å². The van der Waals surface area contributed by atoms with E-state index in [0.717, 1.165) is 30.9 Å². The number of hydrogen-bond acceptors (Lipinski definition) is 3. The molecule has 2 rings (SSSR count). The van der Waals surface area contributed by atoms with Crippen molar-refractivity contribution < 1.29 is 0 Å². The van der Waals surface area contributed by atoms with E-state index >= 15 is 0 Å². The highest BCUT2D eigenvalue weighted by molar-refractivity contribution is 5.04. The van der Waals surface area contributed by atoms with E-state index in [1.165, 1.54) is 0 Å². The Balaban J connectivity index is 1.83. The number of aromatic nitrogens is 3. The molecule has 0 saturated heterocycles. The Hall–Kier alpha value is -1.68. The number of nitrogens with one attached hydrogen (secondary N) is 1. The van der Waals surface area contributed by atoms with Gasteiger partial charge >= 0.3 is 0 Å². The Morgan fingerprint density at radius 1 is 1.22 bits per heavy atom. The van der Waals surface area contributed by atoms with Crippen LogP contribution in [-0.4, -0.2) is 20.6 Å². The molecule has 0 saturated carbocycles. The molecule has 4 nitrogen and oxygen atoms in total. The van der Waals surface area contributed by atoms with Gasteiger partial charge in [0.15, 0.2) is 0 Å². The van der Waals surface area contributed by atoms with Crippen LogP contribution in [0.15, 0.2) is 36.9 Å². The average molecular weight is 244 g/mol. The molecule has 0 unspecified atom stereocenters. The van der Waals surface area contributed by atoms with Gasteiger partial charge in [-0.3, -0.25) is 4.98 Å². The Labute approximate surface area is 108 Å². The molecule has 0 aliphatic carbocycles. The summed E-state index contributed by atoms with van der Waals surface area (Å²) in [7, 11) is 0. The summed E-state index contributed by atoms with van der Waals surface area (Å²) in [5.41, 5.74) is 2.21. The van der Waals surface area contributed by atoms with Crippen LogP contribution in [0.4, 0.5) is 0 Å². The summed E-state index contributed by atoms with van der Waals surface area (Å²) in [4.78, 5) is 8.69. The summed E-state index contributed by atoms with van der Waals surface area (Å²) in [5.74, 6) is 0. The first-order valence-corrected chi connectivity index (χ1v) is 6.38. The molecule has 0 radical (unpaired) electrons. The lowest BCUT2D eigenvalue weighted by molar-refractivity contribution is 0.582. The van der Waals surface area contributed by atoms with Gasteiger partial charge in [0.05, 0.1) is 12.0 Å². The molecule has 0 amide bonds. The van der Waals surface area contributed by atoms with Crippen LogP contribution in [0.5, 0.6) is 0 Å². The minimum absolute atomic E-state index is 0.490. The van der Waals surface area contributed by atoms with E-state index in [0.29, 0.717) is 6.04 Å². The van der Waals surface area contributed by atoms with Crippen molar-refractivity contribution in [2.24, 2.45) is 0 Å². The topological polar surface area (TPSA) is 42.7 Å². The first-order chi connectivity index (χ1) is 8.74. The molecular weight excluding hydrogens is 224 g/mol. The Morgan fingerprint density at radius 3 is 2.83 bits per heavy atom. The van der Waals surface area contributed by atoms with Crippen LogP contribution in [0.1, 0.15) is 25.2 Å². The molecule has 2 aromatic rings. The molecule has 0 aromatic carbocycles. The number of nitrogens with zero attached hydrogens (tertiary/aromatic N) is 3. The van der Waals surface area contributed by atoms with E-state index in [4.69, 9.17) is 0 Å². The second-order valence-corrected chi connectivity index (χ2v) is 4.71. The smallest absolute Gasteiger partial charge is 0.0950 e. The van der Waals surface area contributed by atoms with Crippen molar-refractivity contribution >= 4 is 0 Å². The van der Waals surface area contributed by atoms with Crippen LogP contribution in [0, 0.1) is 0 Å². The van der Waals surface area contributed by atoms with Crippen molar-refractivity contribution in [3.63, 3.8) is 0 Å². The fourth-order valence-corrected chi connectivity index (χ4v) is 1.72. The Morgan fingerprint density at radius 2 is 2.11 bits per heavy atom. The van der Waals surface area contributed by atoms with Crippen molar-refractivity contribution in [1.29, 1.82) is 0 Å². The Bertz CT molecular complexity index is 462. The molecule has 18 heavy (non-hydrogen) atoms. The third kappa shape index (κ3) is 3.96. The largest absolute Gasteiger partial charge is 0.337 e. The van der Waals surface area contributed by atoms with Crippen LogP contribution >= 0.6 is 0 Å². The van der Waals surface area contributed by atoms with E-state index in [1.54, 1.807) is 0 Å². The zero-order chi connectivity index (χ0) is 12.8. The number of imidazole rings is 1. The van der Waals surface area contributed by atoms with Gasteiger partial charge in [-0.1, -0.05) is 19.9 Å².